The van der Waals surface area contributed by atoms with Gasteiger partial charge in [0.05, 0.1) is 0 Å². The zero-order valence-electron chi connectivity index (χ0n) is 14.6. The minimum Gasteiger partial charge on any atom is -0.314 e. The molecule has 116 valence electrons. The number of hydrogen-bond acceptors (Lipinski definition) is 1. The Hall–Kier alpha value is -1.26. The molecule has 0 aliphatic heterocycles. The molecule has 0 bridgehead atoms. The van der Waals surface area contributed by atoms with Gasteiger partial charge in [0.1, 0.15) is 0 Å². The molecule has 0 aromatic heterocycles. The van der Waals surface area contributed by atoms with Crippen molar-refractivity contribution in [2.45, 2.75) is 72.3 Å². The first kappa shape index (κ1) is 17.8. The van der Waals surface area contributed by atoms with E-state index >= 15 is 0 Å². The SMILES string of the molecule is C#CCCC(Cc1c(C)cc(C(C)(C)C)cc1C)NCC. The third-order valence-corrected chi connectivity index (χ3v) is 4.14. The first-order chi connectivity index (χ1) is 9.79. The number of aryl methyl sites for hydroxylation is 2. The Morgan fingerprint density at radius 1 is 1.19 bits per heavy atom. The Kier molecular flexibility index (Phi) is 6.49. The van der Waals surface area contributed by atoms with E-state index in [-0.39, 0.29) is 5.41 Å². The number of rotatable bonds is 6. The summed E-state index contributed by atoms with van der Waals surface area (Å²) >= 11 is 0. The lowest BCUT2D eigenvalue weighted by atomic mass is 9.82. The minimum absolute atomic E-state index is 0.207. The van der Waals surface area contributed by atoms with Gasteiger partial charge in [0.2, 0.25) is 0 Å². The van der Waals surface area contributed by atoms with E-state index in [4.69, 9.17) is 6.42 Å². The summed E-state index contributed by atoms with van der Waals surface area (Å²) in [5.41, 5.74) is 5.92. The van der Waals surface area contributed by atoms with E-state index in [0.29, 0.717) is 6.04 Å². The van der Waals surface area contributed by atoms with Gasteiger partial charge in [0.25, 0.3) is 0 Å². The fraction of sp³-hybridized carbons (Fsp3) is 0.600. The summed E-state index contributed by atoms with van der Waals surface area (Å²) in [7, 11) is 0. The Morgan fingerprint density at radius 2 is 1.76 bits per heavy atom. The van der Waals surface area contributed by atoms with Crippen LogP contribution >= 0.6 is 0 Å². The molecule has 0 amide bonds. The van der Waals surface area contributed by atoms with E-state index in [1.54, 1.807) is 0 Å². The van der Waals surface area contributed by atoms with Gasteiger partial charge in [-0.2, -0.15) is 0 Å². The average Bonchev–Trinajstić information content (AvgIpc) is 2.38. The van der Waals surface area contributed by atoms with Crippen molar-refractivity contribution in [2.24, 2.45) is 0 Å². The maximum atomic E-state index is 5.42. The molecular weight excluding hydrogens is 254 g/mol. The molecule has 1 aromatic carbocycles. The number of benzene rings is 1. The molecule has 1 N–H and O–H groups in total. The number of likely N-dealkylation sites (N-methyl/N-ethyl adjacent to an activating group) is 1. The zero-order chi connectivity index (χ0) is 16.0. The van der Waals surface area contributed by atoms with Gasteiger partial charge >= 0.3 is 0 Å². The maximum absolute atomic E-state index is 5.42. The van der Waals surface area contributed by atoms with Crippen molar-refractivity contribution in [3.8, 4) is 12.3 Å². The quantitative estimate of drug-likeness (QED) is 0.757. The first-order valence-corrected chi connectivity index (χ1v) is 8.07. The predicted molar refractivity (Wildman–Crippen MR) is 93.9 cm³/mol. The molecule has 0 saturated carbocycles. The van der Waals surface area contributed by atoms with Crippen molar-refractivity contribution in [1.29, 1.82) is 0 Å². The van der Waals surface area contributed by atoms with E-state index in [1.165, 1.54) is 22.3 Å². The lowest BCUT2D eigenvalue weighted by Gasteiger charge is -2.24. The number of nitrogens with one attached hydrogen (secondary N) is 1. The summed E-state index contributed by atoms with van der Waals surface area (Å²) in [6.07, 6.45) is 8.37. The number of hydrogen-bond donors (Lipinski definition) is 1. The van der Waals surface area contributed by atoms with E-state index in [2.05, 4.69) is 64.9 Å². The average molecular weight is 285 g/mol. The molecule has 1 atom stereocenters. The van der Waals surface area contributed by atoms with E-state index in [9.17, 15) is 0 Å². The van der Waals surface area contributed by atoms with Crippen LogP contribution in [0.3, 0.4) is 0 Å². The number of terminal acetylenes is 1. The van der Waals surface area contributed by atoms with Gasteiger partial charge in [0.15, 0.2) is 0 Å². The highest BCUT2D eigenvalue weighted by atomic mass is 14.9. The van der Waals surface area contributed by atoms with Crippen LogP contribution in [-0.4, -0.2) is 12.6 Å². The molecule has 0 saturated heterocycles. The fourth-order valence-corrected chi connectivity index (χ4v) is 2.82. The standard InChI is InChI=1S/C20H31N/c1-8-10-11-18(21-9-2)14-19-15(3)12-17(13-16(19)4)20(5,6)7/h1,12-13,18,21H,9-11,14H2,2-7H3. The molecule has 1 rings (SSSR count). The van der Waals surface area contributed by atoms with Gasteiger partial charge in [-0.3, -0.25) is 0 Å². The topological polar surface area (TPSA) is 12.0 Å². The van der Waals surface area contributed by atoms with Crippen LogP contribution in [0, 0.1) is 26.2 Å². The third-order valence-electron chi connectivity index (χ3n) is 4.14. The fourth-order valence-electron chi connectivity index (χ4n) is 2.82. The monoisotopic (exact) mass is 285 g/mol. The van der Waals surface area contributed by atoms with Crippen LogP contribution < -0.4 is 5.32 Å². The zero-order valence-corrected chi connectivity index (χ0v) is 14.6. The Bertz CT molecular complexity index is 477. The molecule has 0 fully saturated rings. The van der Waals surface area contributed by atoms with Gasteiger partial charge in [-0.05, 0) is 60.9 Å². The van der Waals surface area contributed by atoms with Gasteiger partial charge in [-0.1, -0.05) is 39.8 Å². The van der Waals surface area contributed by atoms with Gasteiger partial charge < -0.3 is 5.32 Å². The van der Waals surface area contributed by atoms with Crippen molar-refractivity contribution in [3.05, 3.63) is 34.4 Å². The predicted octanol–water partition coefficient (Wildman–Crippen LogP) is 4.53. The van der Waals surface area contributed by atoms with E-state index in [1.807, 2.05) is 0 Å². The van der Waals surface area contributed by atoms with Crippen LogP contribution in [0.4, 0.5) is 0 Å². The molecular formula is C20H31N. The van der Waals surface area contributed by atoms with Gasteiger partial charge in [0, 0.05) is 12.5 Å². The Balaban J connectivity index is 2.99. The van der Waals surface area contributed by atoms with E-state index in [0.717, 1.165) is 25.8 Å². The lowest BCUT2D eigenvalue weighted by Crippen LogP contribution is -2.31. The molecule has 0 spiro atoms. The van der Waals surface area contributed by atoms with Gasteiger partial charge in [-0.25, -0.2) is 0 Å². The second-order valence-corrected chi connectivity index (χ2v) is 7.04. The minimum atomic E-state index is 0.207. The normalized spacial score (nSPS) is 13.0. The summed E-state index contributed by atoms with van der Waals surface area (Å²) in [5, 5.41) is 3.57. The molecule has 1 nitrogen and oxygen atoms in total. The highest BCUT2D eigenvalue weighted by molar-refractivity contribution is 5.41. The molecule has 1 aromatic rings. The summed E-state index contributed by atoms with van der Waals surface area (Å²) < 4.78 is 0. The van der Waals surface area contributed by atoms with Crippen molar-refractivity contribution in [3.63, 3.8) is 0 Å². The van der Waals surface area contributed by atoms with Crippen LogP contribution in [0.15, 0.2) is 12.1 Å². The molecule has 0 aliphatic carbocycles. The van der Waals surface area contributed by atoms with Crippen molar-refractivity contribution in [2.75, 3.05) is 6.54 Å². The van der Waals surface area contributed by atoms with Crippen molar-refractivity contribution in [1.82, 2.24) is 5.32 Å². The van der Waals surface area contributed by atoms with Gasteiger partial charge in [-0.15, -0.1) is 12.3 Å². The van der Waals surface area contributed by atoms with Crippen LogP contribution in [0.1, 0.15) is 62.8 Å². The second-order valence-electron chi connectivity index (χ2n) is 7.04. The Labute approximate surface area is 131 Å². The highest BCUT2D eigenvalue weighted by Crippen LogP contribution is 2.27. The maximum Gasteiger partial charge on any atom is 0.0117 e. The summed E-state index contributed by atoms with van der Waals surface area (Å²) in [6.45, 7) is 14.4. The molecule has 0 radical (unpaired) electrons. The molecule has 1 unspecified atom stereocenters. The second kappa shape index (κ2) is 7.66. The summed E-state index contributed by atoms with van der Waals surface area (Å²) in [5.74, 6) is 2.76. The molecule has 0 aliphatic rings. The van der Waals surface area contributed by atoms with Crippen molar-refractivity contribution < 1.29 is 0 Å². The smallest absolute Gasteiger partial charge is 0.0117 e. The Morgan fingerprint density at radius 3 is 2.19 bits per heavy atom. The van der Waals surface area contributed by atoms with E-state index < -0.39 is 0 Å². The van der Waals surface area contributed by atoms with Crippen LogP contribution in [0.2, 0.25) is 0 Å². The largest absolute Gasteiger partial charge is 0.314 e. The highest BCUT2D eigenvalue weighted by Gasteiger charge is 2.17. The first-order valence-electron chi connectivity index (χ1n) is 8.07. The molecule has 1 heteroatoms. The summed E-state index contributed by atoms with van der Waals surface area (Å²) in [4.78, 5) is 0. The molecule has 0 heterocycles. The lowest BCUT2D eigenvalue weighted by molar-refractivity contribution is 0.495. The van der Waals surface area contributed by atoms with Crippen LogP contribution in [0.5, 0.6) is 0 Å². The van der Waals surface area contributed by atoms with Crippen LogP contribution in [0.25, 0.3) is 0 Å². The third kappa shape index (κ3) is 5.21. The summed E-state index contributed by atoms with van der Waals surface area (Å²) in [6, 6.07) is 5.18. The molecule has 21 heavy (non-hydrogen) atoms. The van der Waals surface area contributed by atoms with Crippen molar-refractivity contribution >= 4 is 0 Å². The van der Waals surface area contributed by atoms with Crippen LogP contribution in [-0.2, 0) is 11.8 Å².